The molecule has 8 heteroatoms. The van der Waals surface area contributed by atoms with Crippen molar-refractivity contribution < 1.29 is 23.1 Å². The van der Waals surface area contributed by atoms with E-state index < -0.39 is 12.5 Å². The van der Waals surface area contributed by atoms with Crippen LogP contribution in [0.15, 0.2) is 48.5 Å². The fourth-order valence-electron chi connectivity index (χ4n) is 3.04. The average molecular weight is 403 g/mol. The number of hydrogen-bond acceptors (Lipinski definition) is 3. The van der Waals surface area contributed by atoms with Crippen LogP contribution in [0.25, 0.3) is 0 Å². The van der Waals surface area contributed by atoms with E-state index in [2.05, 4.69) is 10.6 Å². The number of hydrogen-bond donors (Lipinski definition) is 2. The van der Waals surface area contributed by atoms with Crippen molar-refractivity contribution in [2.45, 2.75) is 25.3 Å². The highest BCUT2D eigenvalue weighted by Crippen LogP contribution is 2.27. The SMILES string of the molecule is COc1ccc(CNC(=O)Nc2ccc(CC(=O)N3CCC(F)(F)C3)cc2)cc1. The van der Waals surface area contributed by atoms with Gasteiger partial charge in [-0.1, -0.05) is 24.3 Å². The van der Waals surface area contributed by atoms with Gasteiger partial charge in [0, 0.05) is 25.2 Å². The van der Waals surface area contributed by atoms with Gasteiger partial charge in [0.1, 0.15) is 5.75 Å². The minimum Gasteiger partial charge on any atom is -0.497 e. The van der Waals surface area contributed by atoms with Crippen LogP contribution in [0.3, 0.4) is 0 Å². The second-order valence-electron chi connectivity index (χ2n) is 6.95. The van der Waals surface area contributed by atoms with Crippen LogP contribution >= 0.6 is 0 Å². The Morgan fingerprint density at radius 1 is 1.07 bits per heavy atom. The molecule has 2 aromatic rings. The van der Waals surface area contributed by atoms with Gasteiger partial charge in [-0.15, -0.1) is 0 Å². The van der Waals surface area contributed by atoms with Crippen LogP contribution in [0.2, 0.25) is 0 Å². The molecule has 1 aliphatic heterocycles. The Hall–Kier alpha value is -3.16. The smallest absolute Gasteiger partial charge is 0.319 e. The number of alkyl halides is 2. The number of nitrogens with one attached hydrogen (secondary N) is 2. The van der Waals surface area contributed by atoms with E-state index in [1.807, 2.05) is 24.3 Å². The summed E-state index contributed by atoms with van der Waals surface area (Å²) >= 11 is 0. The minimum absolute atomic E-state index is 0.0556. The monoisotopic (exact) mass is 403 g/mol. The molecular formula is C21H23F2N3O3. The van der Waals surface area contributed by atoms with Crippen molar-refractivity contribution in [1.29, 1.82) is 0 Å². The van der Waals surface area contributed by atoms with Crippen molar-refractivity contribution >= 4 is 17.6 Å². The quantitative estimate of drug-likeness (QED) is 0.776. The van der Waals surface area contributed by atoms with E-state index in [1.54, 1.807) is 31.4 Å². The number of ether oxygens (including phenoxy) is 1. The lowest BCUT2D eigenvalue weighted by Crippen LogP contribution is -2.32. The van der Waals surface area contributed by atoms with Gasteiger partial charge in [0.05, 0.1) is 20.1 Å². The topological polar surface area (TPSA) is 70.7 Å². The first-order chi connectivity index (χ1) is 13.8. The zero-order valence-electron chi connectivity index (χ0n) is 16.1. The normalized spacial score (nSPS) is 15.1. The lowest BCUT2D eigenvalue weighted by atomic mass is 10.1. The zero-order valence-corrected chi connectivity index (χ0v) is 16.1. The minimum atomic E-state index is -2.79. The Morgan fingerprint density at radius 3 is 2.31 bits per heavy atom. The van der Waals surface area contributed by atoms with E-state index in [4.69, 9.17) is 4.74 Å². The number of likely N-dealkylation sites (tertiary alicyclic amines) is 1. The number of halogens is 2. The van der Waals surface area contributed by atoms with Crippen LogP contribution in [0.5, 0.6) is 5.75 Å². The number of carbonyl (C=O) groups is 2. The summed E-state index contributed by atoms with van der Waals surface area (Å²) in [5.74, 6) is -2.36. The summed E-state index contributed by atoms with van der Waals surface area (Å²) in [4.78, 5) is 25.4. The molecule has 0 aliphatic carbocycles. The van der Waals surface area contributed by atoms with E-state index in [0.717, 1.165) is 11.3 Å². The third-order valence-electron chi connectivity index (χ3n) is 4.70. The predicted octanol–water partition coefficient (Wildman–Crippen LogP) is 3.43. The van der Waals surface area contributed by atoms with Gasteiger partial charge in [0.15, 0.2) is 0 Å². The largest absolute Gasteiger partial charge is 0.497 e. The number of carbonyl (C=O) groups excluding carboxylic acids is 2. The molecule has 1 fully saturated rings. The van der Waals surface area contributed by atoms with E-state index in [9.17, 15) is 18.4 Å². The van der Waals surface area contributed by atoms with Gasteiger partial charge in [0.25, 0.3) is 5.92 Å². The van der Waals surface area contributed by atoms with Crippen LogP contribution in [0.1, 0.15) is 17.5 Å². The van der Waals surface area contributed by atoms with Crippen molar-refractivity contribution in [3.8, 4) is 5.75 Å². The molecule has 6 nitrogen and oxygen atoms in total. The number of nitrogens with zero attached hydrogens (tertiary/aromatic N) is 1. The third kappa shape index (κ3) is 5.91. The summed E-state index contributed by atoms with van der Waals surface area (Å²) in [6, 6.07) is 13.8. The van der Waals surface area contributed by atoms with Crippen LogP contribution in [0, 0.1) is 0 Å². The molecule has 0 saturated carbocycles. The first kappa shape index (κ1) is 20.6. The molecule has 3 rings (SSSR count). The number of rotatable bonds is 6. The van der Waals surface area contributed by atoms with Gasteiger partial charge in [-0.3, -0.25) is 4.79 Å². The molecule has 2 aromatic carbocycles. The van der Waals surface area contributed by atoms with Crippen LogP contribution < -0.4 is 15.4 Å². The first-order valence-electron chi connectivity index (χ1n) is 9.27. The number of anilines is 1. The summed E-state index contributed by atoms with van der Waals surface area (Å²) in [6.45, 7) is -0.0669. The highest BCUT2D eigenvalue weighted by molar-refractivity contribution is 5.89. The molecule has 0 spiro atoms. The summed E-state index contributed by atoms with van der Waals surface area (Å²) < 4.78 is 31.5. The molecule has 0 aromatic heterocycles. The lowest BCUT2D eigenvalue weighted by molar-refractivity contribution is -0.130. The molecule has 29 heavy (non-hydrogen) atoms. The highest BCUT2D eigenvalue weighted by Gasteiger charge is 2.39. The summed E-state index contributed by atoms with van der Waals surface area (Å²) in [5.41, 5.74) is 2.21. The highest BCUT2D eigenvalue weighted by atomic mass is 19.3. The standard InChI is InChI=1S/C21H23F2N3O3/c1-29-18-8-4-16(5-9-18)13-24-20(28)25-17-6-2-15(3-7-17)12-19(27)26-11-10-21(22,23)14-26/h2-9H,10-14H2,1H3,(H2,24,25,28). The maximum atomic E-state index is 13.2. The van der Waals surface area contributed by atoms with E-state index in [0.29, 0.717) is 17.8 Å². The van der Waals surface area contributed by atoms with Gasteiger partial charge in [0.2, 0.25) is 5.91 Å². The molecule has 0 unspecified atom stereocenters. The summed E-state index contributed by atoms with van der Waals surface area (Å²) in [6.07, 6.45) is -0.229. The van der Waals surface area contributed by atoms with Crippen LogP contribution in [-0.4, -0.2) is 43.0 Å². The maximum absolute atomic E-state index is 13.2. The average Bonchev–Trinajstić information content (AvgIpc) is 3.08. The van der Waals surface area contributed by atoms with Crippen LogP contribution in [0.4, 0.5) is 19.3 Å². The van der Waals surface area contributed by atoms with Crippen molar-refractivity contribution in [3.63, 3.8) is 0 Å². The second kappa shape index (κ2) is 8.89. The molecule has 0 radical (unpaired) electrons. The molecule has 3 amide bonds. The third-order valence-corrected chi connectivity index (χ3v) is 4.70. The Kier molecular flexibility index (Phi) is 6.31. The molecule has 1 saturated heterocycles. The molecular weight excluding hydrogens is 380 g/mol. The van der Waals surface area contributed by atoms with E-state index in [1.165, 1.54) is 4.90 Å². The van der Waals surface area contributed by atoms with Crippen molar-refractivity contribution in [1.82, 2.24) is 10.2 Å². The van der Waals surface area contributed by atoms with Gasteiger partial charge < -0.3 is 20.3 Å². The van der Waals surface area contributed by atoms with Crippen LogP contribution in [-0.2, 0) is 17.8 Å². The summed E-state index contributed by atoms with van der Waals surface area (Å²) in [7, 11) is 1.59. The summed E-state index contributed by atoms with van der Waals surface area (Å²) in [5, 5.41) is 5.47. The van der Waals surface area contributed by atoms with Gasteiger partial charge in [-0.05, 0) is 35.4 Å². The molecule has 2 N–H and O–H groups in total. The van der Waals surface area contributed by atoms with Crippen molar-refractivity contribution in [2.24, 2.45) is 0 Å². The van der Waals surface area contributed by atoms with Crippen molar-refractivity contribution in [2.75, 3.05) is 25.5 Å². The zero-order chi connectivity index (χ0) is 20.9. The van der Waals surface area contributed by atoms with E-state index in [-0.39, 0.29) is 31.3 Å². The van der Waals surface area contributed by atoms with Gasteiger partial charge >= 0.3 is 6.03 Å². The van der Waals surface area contributed by atoms with Crippen molar-refractivity contribution in [3.05, 3.63) is 59.7 Å². The maximum Gasteiger partial charge on any atom is 0.319 e. The molecule has 0 atom stereocenters. The fraction of sp³-hybridized carbons (Fsp3) is 0.333. The number of benzene rings is 2. The Labute approximate surface area is 167 Å². The number of methoxy groups -OCH3 is 1. The molecule has 1 heterocycles. The van der Waals surface area contributed by atoms with E-state index >= 15 is 0 Å². The Morgan fingerprint density at radius 2 is 1.72 bits per heavy atom. The number of amides is 3. The Bertz CT molecular complexity index is 854. The predicted molar refractivity (Wildman–Crippen MR) is 105 cm³/mol. The molecule has 0 bridgehead atoms. The number of urea groups is 1. The molecule has 154 valence electrons. The van der Waals surface area contributed by atoms with Gasteiger partial charge in [-0.2, -0.15) is 0 Å². The van der Waals surface area contributed by atoms with Gasteiger partial charge in [-0.25, -0.2) is 13.6 Å². The molecule has 1 aliphatic rings. The Balaban J connectivity index is 1.45. The fourth-order valence-corrected chi connectivity index (χ4v) is 3.04. The second-order valence-corrected chi connectivity index (χ2v) is 6.95. The first-order valence-corrected chi connectivity index (χ1v) is 9.27. The lowest BCUT2D eigenvalue weighted by Gasteiger charge is -2.16.